The fourth-order valence-corrected chi connectivity index (χ4v) is 9.12. The van der Waals surface area contributed by atoms with Crippen LogP contribution in [0.25, 0.3) is 66.1 Å². The second-order valence-electron chi connectivity index (χ2n) is 12.2. The van der Waals surface area contributed by atoms with E-state index in [0.29, 0.717) is 31.5 Å². The summed E-state index contributed by atoms with van der Waals surface area (Å²) in [6.45, 7) is 0. The Morgan fingerprint density at radius 3 is 1.22 bits per heavy atom. The van der Waals surface area contributed by atoms with Crippen LogP contribution in [-0.2, 0) is 0 Å². The summed E-state index contributed by atoms with van der Waals surface area (Å²) >= 11 is 30.1. The molecule has 0 aliphatic heterocycles. The van der Waals surface area contributed by atoms with Crippen molar-refractivity contribution in [2.24, 2.45) is 0 Å². The van der Waals surface area contributed by atoms with E-state index >= 15 is 0 Å². The summed E-state index contributed by atoms with van der Waals surface area (Å²) in [7, 11) is 0. The highest BCUT2D eigenvalue weighted by Crippen LogP contribution is 2.51. The Bertz CT molecular complexity index is 2470. The van der Waals surface area contributed by atoms with Crippen molar-refractivity contribution in [1.29, 1.82) is 0 Å². The largest absolute Gasteiger partial charge is 0.399 e. The van der Waals surface area contributed by atoms with Crippen LogP contribution in [0, 0.1) is 0 Å². The first-order valence-corrected chi connectivity index (χ1v) is 18.5. The summed E-state index contributed by atoms with van der Waals surface area (Å²) in [6, 6.07) is 48.4. The molecule has 0 unspecified atom stereocenters. The zero-order valence-electron chi connectivity index (χ0n) is 26.9. The molecular formula is C44H28Cl4N2S. The van der Waals surface area contributed by atoms with E-state index in [4.69, 9.17) is 57.9 Å². The Kier molecular flexibility index (Phi) is 9.10. The maximum Gasteiger partial charge on any atom is 0.0563 e. The lowest BCUT2D eigenvalue weighted by atomic mass is 9.92. The van der Waals surface area contributed by atoms with Crippen molar-refractivity contribution >= 4 is 91.1 Å². The van der Waals surface area contributed by atoms with Crippen LogP contribution in [0.4, 0.5) is 11.4 Å². The molecule has 8 aromatic rings. The number of fused-ring (bicyclic) bond motifs is 2. The molecule has 0 saturated heterocycles. The fourth-order valence-electron chi connectivity index (χ4n) is 6.71. The molecule has 51 heavy (non-hydrogen) atoms. The number of benzene rings is 8. The highest BCUT2D eigenvalue weighted by Gasteiger charge is 2.23. The summed E-state index contributed by atoms with van der Waals surface area (Å²) in [6.07, 6.45) is 0. The van der Waals surface area contributed by atoms with Crippen LogP contribution >= 0.6 is 58.2 Å². The minimum atomic E-state index is 0.555. The average molecular weight is 759 g/mol. The quantitative estimate of drug-likeness (QED) is 0.166. The van der Waals surface area contributed by atoms with E-state index < -0.39 is 0 Å². The number of anilines is 2. The predicted octanol–water partition coefficient (Wildman–Crippen LogP) is 14.6. The van der Waals surface area contributed by atoms with Crippen molar-refractivity contribution in [2.75, 3.05) is 11.5 Å². The third-order valence-electron chi connectivity index (χ3n) is 9.10. The second kappa shape index (κ2) is 13.8. The van der Waals surface area contributed by atoms with Crippen LogP contribution in [-0.4, -0.2) is 0 Å². The molecule has 0 amide bonds. The molecule has 0 radical (unpaired) electrons. The first-order chi connectivity index (χ1) is 24.8. The lowest BCUT2D eigenvalue weighted by Gasteiger charge is -2.21. The standard InChI is InChI=1S/C44H28Cl4N2S/c45-37-23-27(49)17-21-31(37)33-11-5-13-39(41(33)35-19-15-25-7-1-3-9-29(25)43(35)47)51-40-14-6-12-34(32-22-18-28(50)24-38(32)46)42(40)36-20-16-26-8-2-4-10-30(26)44(36)48/h1-24H,49-50H2. The lowest BCUT2D eigenvalue weighted by molar-refractivity contribution is 1.39. The number of hydrogen-bond donors (Lipinski definition) is 2. The number of nitrogens with two attached hydrogens (primary N) is 2. The van der Waals surface area contributed by atoms with Gasteiger partial charge in [0, 0.05) is 65.3 Å². The van der Waals surface area contributed by atoms with Gasteiger partial charge in [0.1, 0.15) is 0 Å². The maximum atomic E-state index is 7.31. The van der Waals surface area contributed by atoms with E-state index in [-0.39, 0.29) is 0 Å². The molecule has 0 spiro atoms. The predicted molar refractivity (Wildman–Crippen MR) is 223 cm³/mol. The smallest absolute Gasteiger partial charge is 0.0563 e. The topological polar surface area (TPSA) is 52.0 Å². The molecule has 0 fully saturated rings. The lowest BCUT2D eigenvalue weighted by Crippen LogP contribution is -1.95. The van der Waals surface area contributed by atoms with Crippen molar-refractivity contribution in [3.05, 3.63) is 166 Å². The van der Waals surface area contributed by atoms with Gasteiger partial charge in [0.25, 0.3) is 0 Å². The van der Waals surface area contributed by atoms with Gasteiger partial charge in [-0.25, -0.2) is 0 Å². The third kappa shape index (κ3) is 6.20. The van der Waals surface area contributed by atoms with Gasteiger partial charge in [-0.1, -0.05) is 167 Å². The number of nitrogen functional groups attached to an aromatic ring is 2. The molecule has 2 nitrogen and oxygen atoms in total. The van der Waals surface area contributed by atoms with Gasteiger partial charge in [-0.15, -0.1) is 0 Å². The van der Waals surface area contributed by atoms with Crippen LogP contribution < -0.4 is 11.5 Å². The third-order valence-corrected chi connectivity index (χ3v) is 11.7. The molecule has 0 aliphatic rings. The molecule has 8 aromatic carbocycles. The molecule has 0 aromatic heterocycles. The first kappa shape index (κ1) is 33.5. The van der Waals surface area contributed by atoms with Crippen LogP contribution in [0.1, 0.15) is 0 Å². The van der Waals surface area contributed by atoms with Crippen LogP contribution in [0.3, 0.4) is 0 Å². The summed E-state index contributed by atoms with van der Waals surface area (Å²) in [5.41, 5.74) is 20.7. The van der Waals surface area contributed by atoms with E-state index in [0.717, 1.165) is 75.8 Å². The monoisotopic (exact) mass is 756 g/mol. The van der Waals surface area contributed by atoms with E-state index in [1.165, 1.54) is 0 Å². The fraction of sp³-hybridized carbons (Fsp3) is 0. The van der Waals surface area contributed by atoms with E-state index in [9.17, 15) is 0 Å². The Morgan fingerprint density at radius 2 is 0.784 bits per heavy atom. The Morgan fingerprint density at radius 1 is 0.373 bits per heavy atom. The van der Waals surface area contributed by atoms with Crippen LogP contribution in [0.5, 0.6) is 0 Å². The van der Waals surface area contributed by atoms with Gasteiger partial charge in [-0.3, -0.25) is 0 Å². The molecule has 8 rings (SSSR count). The van der Waals surface area contributed by atoms with E-state index in [1.54, 1.807) is 23.9 Å². The molecule has 0 saturated carbocycles. The van der Waals surface area contributed by atoms with Crippen molar-refractivity contribution in [1.82, 2.24) is 0 Å². The molecule has 0 aliphatic carbocycles. The van der Waals surface area contributed by atoms with Crippen LogP contribution in [0.15, 0.2) is 155 Å². The maximum absolute atomic E-state index is 7.31. The van der Waals surface area contributed by atoms with Crippen molar-refractivity contribution in [2.45, 2.75) is 9.79 Å². The van der Waals surface area contributed by atoms with E-state index in [2.05, 4.69) is 60.7 Å². The van der Waals surface area contributed by atoms with Crippen molar-refractivity contribution in [3.8, 4) is 44.5 Å². The van der Waals surface area contributed by atoms with Gasteiger partial charge in [0.15, 0.2) is 0 Å². The van der Waals surface area contributed by atoms with Gasteiger partial charge < -0.3 is 11.5 Å². The summed E-state index contributed by atoms with van der Waals surface area (Å²) in [5, 5.41) is 6.49. The minimum Gasteiger partial charge on any atom is -0.399 e. The molecule has 0 bridgehead atoms. The summed E-state index contributed by atoms with van der Waals surface area (Å²) in [4.78, 5) is 1.97. The van der Waals surface area contributed by atoms with Gasteiger partial charge >= 0.3 is 0 Å². The zero-order valence-corrected chi connectivity index (χ0v) is 30.8. The zero-order chi connectivity index (χ0) is 35.2. The number of hydrogen-bond acceptors (Lipinski definition) is 3. The van der Waals surface area contributed by atoms with E-state index in [1.807, 2.05) is 72.8 Å². The van der Waals surface area contributed by atoms with Crippen LogP contribution in [0.2, 0.25) is 20.1 Å². The molecule has 248 valence electrons. The van der Waals surface area contributed by atoms with Gasteiger partial charge in [-0.2, -0.15) is 0 Å². The Balaban J connectivity index is 1.41. The molecule has 0 atom stereocenters. The van der Waals surface area contributed by atoms with Gasteiger partial charge in [0.2, 0.25) is 0 Å². The highest BCUT2D eigenvalue weighted by molar-refractivity contribution is 7.99. The number of rotatable bonds is 6. The summed E-state index contributed by atoms with van der Waals surface area (Å²) in [5.74, 6) is 0. The normalized spacial score (nSPS) is 11.4. The highest BCUT2D eigenvalue weighted by atomic mass is 35.5. The van der Waals surface area contributed by atoms with Crippen molar-refractivity contribution < 1.29 is 0 Å². The molecule has 0 heterocycles. The SMILES string of the molecule is Nc1ccc(-c2cccc(Sc3cccc(-c4ccc(N)cc4Cl)c3-c3ccc4ccccc4c3Cl)c2-c2ccc3ccccc3c2Cl)c(Cl)c1. The Labute approximate surface area is 320 Å². The molecule has 7 heteroatoms. The van der Waals surface area contributed by atoms with Crippen molar-refractivity contribution in [3.63, 3.8) is 0 Å². The Hall–Kier alpha value is -4.61. The van der Waals surface area contributed by atoms with Gasteiger partial charge in [0.05, 0.1) is 20.1 Å². The first-order valence-electron chi connectivity index (χ1n) is 16.2. The minimum absolute atomic E-state index is 0.555. The second-order valence-corrected chi connectivity index (χ2v) is 14.9. The molecule has 4 N–H and O–H groups in total. The number of halogens is 4. The summed E-state index contributed by atoms with van der Waals surface area (Å²) < 4.78 is 0. The van der Waals surface area contributed by atoms with Gasteiger partial charge in [-0.05, 0) is 58.3 Å². The average Bonchev–Trinajstić information content (AvgIpc) is 3.13. The molecular weight excluding hydrogens is 730 g/mol.